The molecular formula is C18H31N3O2. The van der Waals surface area contributed by atoms with Crippen LogP contribution in [-0.4, -0.2) is 38.9 Å². The number of aliphatic imine (C=N–C) groups is 1. The van der Waals surface area contributed by atoms with Crippen LogP contribution in [0.2, 0.25) is 0 Å². The molecule has 0 unspecified atom stereocenters. The minimum Gasteiger partial charge on any atom is -0.382 e. The summed E-state index contributed by atoms with van der Waals surface area (Å²) < 4.78 is 10.9. The summed E-state index contributed by atoms with van der Waals surface area (Å²) in [6.07, 6.45) is 0.971. The summed E-state index contributed by atoms with van der Waals surface area (Å²) in [5.41, 5.74) is 2.40. The van der Waals surface area contributed by atoms with Gasteiger partial charge in [0.05, 0.1) is 13.2 Å². The van der Waals surface area contributed by atoms with Gasteiger partial charge in [0.2, 0.25) is 0 Å². The number of benzene rings is 1. The second-order valence-corrected chi connectivity index (χ2v) is 5.08. The Morgan fingerprint density at radius 1 is 1.00 bits per heavy atom. The first-order valence-electron chi connectivity index (χ1n) is 8.56. The van der Waals surface area contributed by atoms with Crippen LogP contribution in [-0.2, 0) is 22.6 Å². The lowest BCUT2D eigenvalue weighted by Gasteiger charge is -2.12. The van der Waals surface area contributed by atoms with Crippen molar-refractivity contribution in [1.29, 1.82) is 0 Å². The van der Waals surface area contributed by atoms with Crippen LogP contribution in [0.4, 0.5) is 0 Å². The quantitative estimate of drug-likeness (QED) is 0.374. The molecule has 130 valence electrons. The van der Waals surface area contributed by atoms with Crippen LogP contribution in [0.1, 0.15) is 38.3 Å². The van der Waals surface area contributed by atoms with Crippen LogP contribution in [0.25, 0.3) is 0 Å². The molecule has 0 aliphatic rings. The summed E-state index contributed by atoms with van der Waals surface area (Å²) in [4.78, 5) is 4.67. The Kier molecular flexibility index (Phi) is 10.9. The van der Waals surface area contributed by atoms with Gasteiger partial charge in [0.25, 0.3) is 0 Å². The van der Waals surface area contributed by atoms with Crippen molar-refractivity contribution in [1.82, 2.24) is 10.6 Å². The predicted octanol–water partition coefficient (Wildman–Crippen LogP) is 2.70. The molecule has 5 heteroatoms. The third kappa shape index (κ3) is 8.57. The fourth-order valence-electron chi connectivity index (χ4n) is 2.10. The Labute approximate surface area is 140 Å². The van der Waals surface area contributed by atoms with E-state index in [0.717, 1.165) is 45.3 Å². The van der Waals surface area contributed by atoms with Gasteiger partial charge in [-0.2, -0.15) is 0 Å². The maximum atomic E-state index is 5.52. The second-order valence-electron chi connectivity index (χ2n) is 5.08. The van der Waals surface area contributed by atoms with Crippen molar-refractivity contribution in [3.05, 3.63) is 35.4 Å². The number of nitrogens with zero attached hydrogens (tertiary/aromatic N) is 1. The lowest BCUT2D eigenvalue weighted by molar-refractivity contribution is 0.133. The average molecular weight is 321 g/mol. The molecule has 0 saturated heterocycles. The molecule has 5 nitrogen and oxygen atoms in total. The van der Waals surface area contributed by atoms with Gasteiger partial charge in [-0.05, 0) is 38.3 Å². The normalized spacial score (nSPS) is 11.5. The molecule has 0 spiro atoms. The number of hydrogen-bond donors (Lipinski definition) is 2. The molecule has 1 aromatic carbocycles. The third-order valence-electron chi connectivity index (χ3n) is 3.29. The minimum atomic E-state index is 0.639. The summed E-state index contributed by atoms with van der Waals surface area (Å²) in [7, 11) is 0. The molecule has 1 aromatic rings. The number of hydrogen-bond acceptors (Lipinski definition) is 3. The molecule has 0 heterocycles. The van der Waals surface area contributed by atoms with E-state index in [1.165, 1.54) is 11.1 Å². The molecule has 0 aliphatic carbocycles. The van der Waals surface area contributed by atoms with E-state index >= 15 is 0 Å². The zero-order valence-corrected chi connectivity index (χ0v) is 14.7. The first kappa shape index (κ1) is 19.5. The van der Waals surface area contributed by atoms with Crippen molar-refractivity contribution in [2.24, 2.45) is 4.99 Å². The number of guanidine groups is 1. The highest BCUT2D eigenvalue weighted by atomic mass is 16.5. The number of nitrogens with one attached hydrogen (secondary N) is 2. The topological polar surface area (TPSA) is 54.9 Å². The average Bonchev–Trinajstić information content (AvgIpc) is 2.58. The van der Waals surface area contributed by atoms with Crippen LogP contribution in [0.5, 0.6) is 0 Å². The van der Waals surface area contributed by atoms with Crippen molar-refractivity contribution in [3.63, 3.8) is 0 Å². The highest BCUT2D eigenvalue weighted by molar-refractivity contribution is 5.79. The van der Waals surface area contributed by atoms with E-state index in [9.17, 15) is 0 Å². The first-order chi connectivity index (χ1) is 11.3. The van der Waals surface area contributed by atoms with Crippen molar-refractivity contribution < 1.29 is 9.47 Å². The summed E-state index contributed by atoms with van der Waals surface area (Å²) in [6.45, 7) is 11.3. The molecule has 0 aliphatic heterocycles. The molecule has 1 rings (SSSR count). The van der Waals surface area contributed by atoms with Crippen LogP contribution in [0, 0.1) is 0 Å². The van der Waals surface area contributed by atoms with Gasteiger partial charge in [-0.15, -0.1) is 0 Å². The lowest BCUT2D eigenvalue weighted by Crippen LogP contribution is -2.38. The number of rotatable bonds is 11. The molecule has 23 heavy (non-hydrogen) atoms. The fraction of sp³-hybridized carbons (Fsp3) is 0.611. The first-order valence-corrected chi connectivity index (χ1v) is 8.56. The van der Waals surface area contributed by atoms with Gasteiger partial charge in [-0.3, -0.25) is 0 Å². The molecule has 0 radical (unpaired) electrons. The Bertz CT molecular complexity index is 450. The maximum Gasteiger partial charge on any atom is 0.191 e. The summed E-state index contributed by atoms with van der Waals surface area (Å²) >= 11 is 0. The Morgan fingerprint density at radius 3 is 2.43 bits per heavy atom. The molecular weight excluding hydrogens is 290 g/mol. The Hall–Kier alpha value is -1.59. The van der Waals surface area contributed by atoms with Crippen molar-refractivity contribution >= 4 is 5.96 Å². The highest BCUT2D eigenvalue weighted by Gasteiger charge is 2.02. The summed E-state index contributed by atoms with van der Waals surface area (Å²) in [5, 5.41) is 6.61. The maximum absolute atomic E-state index is 5.52. The molecule has 0 saturated carbocycles. The molecule has 0 fully saturated rings. The van der Waals surface area contributed by atoms with E-state index in [1.807, 2.05) is 26.0 Å². The fourth-order valence-corrected chi connectivity index (χ4v) is 2.10. The molecule has 0 aromatic heterocycles. The van der Waals surface area contributed by atoms with Crippen LogP contribution in [0.15, 0.2) is 29.3 Å². The van der Waals surface area contributed by atoms with Gasteiger partial charge < -0.3 is 20.1 Å². The standard InChI is InChI=1S/C18H31N3O2/c1-4-19-18(20-12-9-13-22-5-2)21-14-16-10-7-8-11-17(16)15-23-6-3/h7-8,10-11H,4-6,9,12-15H2,1-3H3,(H2,19,20,21). The van der Waals surface area contributed by atoms with Gasteiger partial charge in [0.15, 0.2) is 5.96 Å². The van der Waals surface area contributed by atoms with Gasteiger partial charge in [0.1, 0.15) is 0 Å². The summed E-state index contributed by atoms with van der Waals surface area (Å²) in [6, 6.07) is 8.29. The van der Waals surface area contributed by atoms with Crippen molar-refractivity contribution in [2.75, 3.05) is 32.9 Å². The molecule has 0 bridgehead atoms. The summed E-state index contributed by atoms with van der Waals surface area (Å²) in [5.74, 6) is 0.843. The van der Waals surface area contributed by atoms with Crippen molar-refractivity contribution in [3.8, 4) is 0 Å². The Morgan fingerprint density at radius 2 is 1.74 bits per heavy atom. The van der Waals surface area contributed by atoms with Gasteiger partial charge in [-0.1, -0.05) is 24.3 Å². The zero-order valence-electron chi connectivity index (χ0n) is 14.7. The third-order valence-corrected chi connectivity index (χ3v) is 3.29. The monoisotopic (exact) mass is 321 g/mol. The van der Waals surface area contributed by atoms with Crippen LogP contribution in [0.3, 0.4) is 0 Å². The largest absolute Gasteiger partial charge is 0.382 e. The van der Waals surface area contributed by atoms with Gasteiger partial charge >= 0.3 is 0 Å². The van der Waals surface area contributed by atoms with E-state index in [-0.39, 0.29) is 0 Å². The smallest absolute Gasteiger partial charge is 0.191 e. The van der Waals surface area contributed by atoms with Gasteiger partial charge in [-0.25, -0.2) is 4.99 Å². The number of ether oxygens (including phenoxy) is 2. The van der Waals surface area contributed by atoms with Crippen LogP contribution < -0.4 is 10.6 Å². The van der Waals surface area contributed by atoms with E-state index in [0.29, 0.717) is 13.2 Å². The molecule has 0 atom stereocenters. The van der Waals surface area contributed by atoms with E-state index < -0.39 is 0 Å². The lowest BCUT2D eigenvalue weighted by atomic mass is 10.1. The van der Waals surface area contributed by atoms with E-state index in [2.05, 4.69) is 34.7 Å². The van der Waals surface area contributed by atoms with Crippen molar-refractivity contribution in [2.45, 2.75) is 40.3 Å². The SMILES string of the molecule is CCNC(=NCc1ccccc1COCC)NCCCOCC. The minimum absolute atomic E-state index is 0.639. The molecule has 0 amide bonds. The predicted molar refractivity (Wildman–Crippen MR) is 95.7 cm³/mol. The van der Waals surface area contributed by atoms with E-state index in [1.54, 1.807) is 0 Å². The Balaban J connectivity index is 2.55. The highest BCUT2D eigenvalue weighted by Crippen LogP contribution is 2.11. The van der Waals surface area contributed by atoms with Crippen LogP contribution >= 0.6 is 0 Å². The van der Waals surface area contributed by atoms with Gasteiger partial charge in [0, 0.05) is 32.9 Å². The zero-order chi connectivity index (χ0) is 16.8. The van der Waals surface area contributed by atoms with E-state index in [4.69, 9.17) is 9.47 Å². The molecule has 2 N–H and O–H groups in total. The second kappa shape index (κ2) is 12.9.